The smallest absolute Gasteiger partial charge is 0.200 e. The van der Waals surface area contributed by atoms with Gasteiger partial charge in [0.05, 0.1) is 0 Å². The van der Waals surface area contributed by atoms with Gasteiger partial charge in [0.25, 0.3) is 0 Å². The third kappa shape index (κ3) is 12.6. The quantitative estimate of drug-likeness (QED) is 0.0150. The summed E-state index contributed by atoms with van der Waals surface area (Å²) in [4.78, 5) is 0. The Morgan fingerprint density at radius 1 is 0.300 bits per heavy atom. The fourth-order valence-electron chi connectivity index (χ4n) is 10.2. The zero-order valence-corrected chi connectivity index (χ0v) is 42.7. The van der Waals surface area contributed by atoms with Gasteiger partial charge >= 0.3 is 0 Å². The molecule has 22 heteroatoms. The summed E-state index contributed by atoms with van der Waals surface area (Å²) in [6.45, 7) is 3.26. The lowest BCUT2D eigenvalue weighted by Gasteiger charge is -2.44. The molecule has 0 fully saturated rings. The number of hydrogen-bond donors (Lipinski definition) is 0. The second kappa shape index (κ2) is 27.7. The van der Waals surface area contributed by atoms with Gasteiger partial charge in [-0.05, 0) is 17.9 Å². The molecule has 0 N–H and O–H groups in total. The lowest BCUT2D eigenvalue weighted by atomic mass is 9.12. The molecule has 7 rings (SSSR count). The van der Waals surface area contributed by atoms with Gasteiger partial charge in [-0.3, -0.25) is 0 Å². The number of nitrogens with zero attached hydrogens (tertiary/aromatic N) is 1. The van der Waals surface area contributed by atoms with Crippen molar-refractivity contribution in [1.29, 1.82) is 0 Å². The van der Waals surface area contributed by atoms with E-state index in [-0.39, 0.29) is 0 Å². The highest BCUT2D eigenvalue weighted by Crippen LogP contribution is 2.31. The first-order valence-electron chi connectivity index (χ1n) is 25.8. The van der Waals surface area contributed by atoms with Gasteiger partial charge in [0.2, 0.25) is 0 Å². The van der Waals surface area contributed by atoms with Crippen LogP contribution in [-0.4, -0.2) is 6.15 Å². The van der Waals surface area contributed by atoms with Crippen molar-refractivity contribution in [2.24, 2.45) is 0 Å². The zero-order chi connectivity index (χ0) is 58.7. The third-order valence-corrected chi connectivity index (χ3v) is 14.2. The average Bonchev–Trinajstić information content (AvgIpc) is 3.27. The van der Waals surface area contributed by atoms with Crippen LogP contribution in [0.3, 0.4) is 0 Å². The summed E-state index contributed by atoms with van der Waals surface area (Å²) in [6.07, 6.45) is 19.0. The third-order valence-electron chi connectivity index (χ3n) is 14.2. The molecule has 0 saturated carbocycles. The average molecular weight is 1150 g/mol. The van der Waals surface area contributed by atoms with Crippen molar-refractivity contribution in [3.05, 3.63) is 194 Å². The monoisotopic (exact) mass is 1150 g/mol. The maximum atomic E-state index is 15.4. The van der Waals surface area contributed by atoms with E-state index in [1.54, 1.807) is 0 Å². The van der Waals surface area contributed by atoms with E-state index in [0.717, 1.165) is 6.54 Å². The Morgan fingerprint density at radius 2 is 0.575 bits per heavy atom. The van der Waals surface area contributed by atoms with Crippen molar-refractivity contribution >= 4 is 38.8 Å². The molecule has 0 atom stereocenters. The molecule has 0 unspecified atom stereocenters. The van der Waals surface area contributed by atoms with E-state index in [1.165, 1.54) is 131 Å². The highest BCUT2D eigenvalue weighted by Gasteiger charge is 2.52. The Kier molecular flexibility index (Phi) is 21.7. The zero-order valence-electron chi connectivity index (χ0n) is 42.7. The summed E-state index contributed by atoms with van der Waals surface area (Å²) in [7, 11) is 0. The first kappa shape index (κ1) is 62.6. The number of fused-ring (bicyclic) bond motifs is 1. The summed E-state index contributed by atoms with van der Waals surface area (Å²) < 4.78 is 296. The standard InChI is InChI=1S/C34H50N.C24BF20/c1-2-3-4-5-6-7-8-9-10-11-12-13-14-15-16-20-27-34-33-26-22-21-25-32(33)28-29-35(34)30-31-23-18-17-19-24-31;26-5-1(6(27)14(35)21(42)13(5)34)25(2-7(28)15(36)22(43)16(37)8(2)29,3-9(30)17(38)23(44)18(39)10(3)31)4-11(32)19(40)24(45)20(41)12(4)33/h17-19,21-26,28-29H,2-16,20,27,30H2,1H3;/q+1;-1. The summed E-state index contributed by atoms with van der Waals surface area (Å²) in [5, 5.41) is 2.79. The molecule has 0 aliphatic rings. The lowest BCUT2D eigenvalue weighted by molar-refractivity contribution is -0.694. The number of aromatic nitrogens is 1. The number of rotatable bonds is 23. The first-order chi connectivity index (χ1) is 38.1. The number of unbranched alkanes of at least 4 members (excludes halogenated alkanes) is 15. The fraction of sp³-hybridized carbons (Fsp3) is 0.328. The molecule has 0 amide bonds. The summed E-state index contributed by atoms with van der Waals surface area (Å²) in [5.41, 5.74) is -11.5. The second-order valence-electron chi connectivity index (χ2n) is 19.3. The fourth-order valence-corrected chi connectivity index (χ4v) is 10.2. The Balaban J connectivity index is 0.000000266. The molecule has 0 saturated heterocycles. The predicted molar refractivity (Wildman–Crippen MR) is 262 cm³/mol. The van der Waals surface area contributed by atoms with E-state index in [2.05, 4.69) is 78.4 Å². The van der Waals surface area contributed by atoms with Gasteiger partial charge in [-0.25, -0.2) is 87.8 Å². The molecule has 80 heavy (non-hydrogen) atoms. The van der Waals surface area contributed by atoms with Gasteiger partial charge in [0.15, 0.2) is 88.2 Å². The SMILES string of the molecule is CCCCCCCCCCCCCCCCCCc1c2ccccc2cc[n+]1Cc1ccccc1.Fc1c(F)c(F)c([B-](c2c(F)c(F)c(F)c(F)c2F)(c2c(F)c(F)c(F)c(F)c2F)c2c(F)c(F)c(F)c(F)c2F)c(F)c1F. The van der Waals surface area contributed by atoms with Crippen LogP contribution in [0.2, 0.25) is 0 Å². The molecule has 1 nitrogen and oxygen atoms in total. The van der Waals surface area contributed by atoms with Crippen LogP contribution in [0.4, 0.5) is 87.8 Å². The molecular weight excluding hydrogens is 1100 g/mol. The summed E-state index contributed by atoms with van der Waals surface area (Å²) >= 11 is 0. The molecule has 1 heterocycles. The van der Waals surface area contributed by atoms with E-state index >= 15 is 35.1 Å². The number of halogens is 20. The van der Waals surface area contributed by atoms with Gasteiger partial charge < -0.3 is 0 Å². The van der Waals surface area contributed by atoms with Crippen LogP contribution in [0.5, 0.6) is 0 Å². The predicted octanol–water partition coefficient (Wildman–Crippen LogP) is 15.8. The van der Waals surface area contributed by atoms with Gasteiger partial charge in [-0.15, -0.1) is 21.9 Å². The van der Waals surface area contributed by atoms with Gasteiger partial charge in [-0.2, -0.15) is 4.57 Å². The Morgan fingerprint density at radius 3 is 0.900 bits per heavy atom. The van der Waals surface area contributed by atoms with Crippen LogP contribution in [0.1, 0.15) is 121 Å². The molecular formula is C58H50BF20N. The topological polar surface area (TPSA) is 3.88 Å². The number of hydrogen-bond acceptors (Lipinski definition) is 0. The highest BCUT2D eigenvalue weighted by molar-refractivity contribution is 7.20. The van der Waals surface area contributed by atoms with Crippen LogP contribution in [0.15, 0.2) is 66.9 Å². The van der Waals surface area contributed by atoms with Crippen molar-refractivity contribution in [2.75, 3.05) is 0 Å². The minimum absolute atomic E-state index is 0.958. The van der Waals surface area contributed by atoms with Crippen molar-refractivity contribution < 1.29 is 92.4 Å². The Bertz CT molecular complexity index is 2930. The van der Waals surface area contributed by atoms with Crippen molar-refractivity contribution in [2.45, 2.75) is 123 Å². The molecule has 0 aliphatic carbocycles. The van der Waals surface area contributed by atoms with Crippen molar-refractivity contribution in [1.82, 2.24) is 0 Å². The van der Waals surface area contributed by atoms with E-state index in [4.69, 9.17) is 0 Å². The minimum Gasteiger partial charge on any atom is -0.207 e. The molecule has 6 aromatic carbocycles. The molecule has 7 aromatic rings. The molecule has 0 bridgehead atoms. The molecule has 430 valence electrons. The molecule has 0 spiro atoms. The maximum Gasteiger partial charge on any atom is 0.200 e. The lowest BCUT2D eigenvalue weighted by Crippen LogP contribution is -2.81. The van der Waals surface area contributed by atoms with Crippen LogP contribution in [0.25, 0.3) is 10.8 Å². The Hall–Kier alpha value is -6.61. The Labute approximate surface area is 447 Å². The van der Waals surface area contributed by atoms with Crippen LogP contribution >= 0.6 is 0 Å². The molecule has 0 aliphatic heterocycles. The number of pyridine rings is 1. The van der Waals surface area contributed by atoms with Crippen LogP contribution in [-0.2, 0) is 13.0 Å². The highest BCUT2D eigenvalue weighted by atomic mass is 19.2. The second-order valence-corrected chi connectivity index (χ2v) is 19.3. The van der Waals surface area contributed by atoms with E-state index in [9.17, 15) is 52.7 Å². The van der Waals surface area contributed by atoms with E-state index in [0.29, 0.717) is 0 Å². The number of benzene rings is 6. The van der Waals surface area contributed by atoms with Gasteiger partial charge in [0.1, 0.15) is 52.7 Å². The summed E-state index contributed by atoms with van der Waals surface area (Å²) in [5.74, 6) is -71.4. The van der Waals surface area contributed by atoms with Crippen molar-refractivity contribution in [3.63, 3.8) is 0 Å². The van der Waals surface area contributed by atoms with E-state index in [1.807, 2.05) is 0 Å². The normalized spacial score (nSPS) is 11.7. The van der Waals surface area contributed by atoms with Crippen LogP contribution in [0, 0.1) is 116 Å². The van der Waals surface area contributed by atoms with Gasteiger partial charge in [-0.1, -0.05) is 152 Å². The molecule has 0 radical (unpaired) electrons. The van der Waals surface area contributed by atoms with Crippen molar-refractivity contribution in [3.8, 4) is 0 Å². The summed E-state index contributed by atoms with van der Waals surface area (Å²) in [6, 6.07) is 22.0. The van der Waals surface area contributed by atoms with Gasteiger partial charge in [0, 0.05) is 23.4 Å². The van der Waals surface area contributed by atoms with E-state index < -0.39 is 144 Å². The van der Waals surface area contributed by atoms with Crippen LogP contribution < -0.4 is 26.4 Å². The maximum absolute atomic E-state index is 15.4. The number of aryl methyl sites for hydroxylation is 1. The largest absolute Gasteiger partial charge is 0.207 e. The molecule has 1 aromatic heterocycles. The first-order valence-corrected chi connectivity index (χ1v) is 25.8. The minimum atomic E-state index is -7.22.